The molecule has 0 spiro atoms. The highest BCUT2D eigenvalue weighted by molar-refractivity contribution is 5.81. The molecule has 3 nitrogen and oxygen atoms in total. The Morgan fingerprint density at radius 3 is 2.47 bits per heavy atom. The molecule has 86 valence electrons. The molecule has 3 heteroatoms. The van der Waals surface area contributed by atoms with Gasteiger partial charge in [0.05, 0.1) is 5.54 Å². The number of nitrogens with two attached hydrogens (primary N) is 1. The molecule has 2 aliphatic rings. The monoisotopic (exact) mass is 210 g/mol. The summed E-state index contributed by atoms with van der Waals surface area (Å²) < 4.78 is 0. The van der Waals surface area contributed by atoms with E-state index in [1.54, 1.807) is 0 Å². The van der Waals surface area contributed by atoms with Crippen molar-refractivity contribution in [3.05, 3.63) is 0 Å². The first-order valence-electron chi connectivity index (χ1n) is 6.01. The summed E-state index contributed by atoms with van der Waals surface area (Å²) in [6.07, 6.45) is 5.51. The highest BCUT2D eigenvalue weighted by atomic mass is 16.2. The van der Waals surface area contributed by atoms with Crippen molar-refractivity contribution in [2.45, 2.75) is 51.5 Å². The van der Waals surface area contributed by atoms with Crippen molar-refractivity contribution in [3.8, 4) is 0 Å². The van der Waals surface area contributed by atoms with E-state index in [0.29, 0.717) is 6.54 Å². The van der Waals surface area contributed by atoms with Crippen LogP contribution in [0.25, 0.3) is 0 Å². The fourth-order valence-electron chi connectivity index (χ4n) is 2.69. The van der Waals surface area contributed by atoms with Crippen LogP contribution in [-0.2, 0) is 4.79 Å². The Hall–Kier alpha value is -0.570. The number of rotatable bonds is 3. The molecule has 0 aromatic heterocycles. The maximum Gasteiger partial charge on any atom is 0.224 e. The Balaban J connectivity index is 1.96. The fourth-order valence-corrected chi connectivity index (χ4v) is 2.69. The van der Waals surface area contributed by atoms with Gasteiger partial charge in [-0.3, -0.25) is 4.79 Å². The van der Waals surface area contributed by atoms with Gasteiger partial charge >= 0.3 is 0 Å². The third kappa shape index (κ3) is 2.03. The second-order valence-electron chi connectivity index (χ2n) is 5.91. The first kappa shape index (κ1) is 10.9. The lowest BCUT2D eigenvalue weighted by molar-refractivity contribution is -0.128. The van der Waals surface area contributed by atoms with E-state index in [4.69, 9.17) is 5.73 Å². The smallest absolute Gasteiger partial charge is 0.224 e. The number of carbonyl (C=O) groups is 1. The van der Waals surface area contributed by atoms with E-state index in [1.807, 2.05) is 0 Å². The highest BCUT2D eigenvalue weighted by Gasteiger charge is 2.46. The molecule has 1 unspecified atom stereocenters. The molecule has 1 atom stereocenters. The van der Waals surface area contributed by atoms with Gasteiger partial charge < -0.3 is 11.1 Å². The molecule has 2 aliphatic carbocycles. The lowest BCUT2D eigenvalue weighted by Crippen LogP contribution is -2.47. The number of hydrogen-bond donors (Lipinski definition) is 2. The maximum absolute atomic E-state index is 12.1. The quantitative estimate of drug-likeness (QED) is 0.740. The Bertz CT molecular complexity index is 269. The van der Waals surface area contributed by atoms with Crippen molar-refractivity contribution in [1.29, 1.82) is 0 Å². The Kier molecular flexibility index (Phi) is 2.53. The maximum atomic E-state index is 12.1. The summed E-state index contributed by atoms with van der Waals surface area (Å²) >= 11 is 0. The topological polar surface area (TPSA) is 55.1 Å². The van der Waals surface area contributed by atoms with Gasteiger partial charge in [-0.1, -0.05) is 20.3 Å². The van der Waals surface area contributed by atoms with E-state index in [9.17, 15) is 4.79 Å². The van der Waals surface area contributed by atoms with Crippen molar-refractivity contribution < 1.29 is 4.79 Å². The minimum Gasteiger partial charge on any atom is -0.349 e. The molecule has 2 saturated carbocycles. The molecule has 0 saturated heterocycles. The summed E-state index contributed by atoms with van der Waals surface area (Å²) in [4.78, 5) is 12.1. The average molecular weight is 210 g/mol. The molecule has 3 N–H and O–H groups in total. The van der Waals surface area contributed by atoms with E-state index < -0.39 is 0 Å². The lowest BCUT2D eigenvalue weighted by atomic mass is 9.81. The zero-order chi connectivity index (χ0) is 11.1. The summed E-state index contributed by atoms with van der Waals surface area (Å²) in [5, 5.41) is 3.15. The summed E-state index contributed by atoms with van der Waals surface area (Å²) in [5.74, 6) is 0.432. The minimum absolute atomic E-state index is 0.0320. The molecular weight excluding hydrogens is 188 g/mol. The van der Waals surface area contributed by atoms with Crippen LogP contribution in [0.2, 0.25) is 0 Å². The van der Waals surface area contributed by atoms with Crippen LogP contribution in [0.15, 0.2) is 0 Å². The van der Waals surface area contributed by atoms with E-state index in [2.05, 4.69) is 19.2 Å². The van der Waals surface area contributed by atoms with Gasteiger partial charge in [0.2, 0.25) is 5.91 Å². The van der Waals surface area contributed by atoms with Crippen LogP contribution in [-0.4, -0.2) is 18.0 Å². The van der Waals surface area contributed by atoms with Gasteiger partial charge in [-0.15, -0.1) is 0 Å². The number of hydrogen-bond acceptors (Lipinski definition) is 2. The van der Waals surface area contributed by atoms with Gasteiger partial charge in [-0.05, 0) is 31.1 Å². The second kappa shape index (κ2) is 3.48. The van der Waals surface area contributed by atoms with Gasteiger partial charge in [0, 0.05) is 12.5 Å². The van der Waals surface area contributed by atoms with Gasteiger partial charge in [0.15, 0.2) is 0 Å². The molecule has 0 radical (unpaired) electrons. The van der Waals surface area contributed by atoms with Crippen molar-refractivity contribution >= 4 is 5.91 Å². The number of amides is 1. The molecule has 2 fully saturated rings. The van der Waals surface area contributed by atoms with Crippen LogP contribution in [0.4, 0.5) is 0 Å². The van der Waals surface area contributed by atoms with Crippen molar-refractivity contribution in [2.75, 3.05) is 6.54 Å². The highest BCUT2D eigenvalue weighted by Crippen LogP contribution is 2.44. The molecule has 1 amide bonds. The summed E-state index contributed by atoms with van der Waals surface area (Å²) in [6, 6.07) is 0. The molecule has 15 heavy (non-hydrogen) atoms. The first-order valence-corrected chi connectivity index (χ1v) is 6.01. The van der Waals surface area contributed by atoms with Gasteiger partial charge in [0.1, 0.15) is 0 Å². The minimum atomic E-state index is -0.0320. The van der Waals surface area contributed by atoms with Crippen LogP contribution >= 0.6 is 0 Å². The summed E-state index contributed by atoms with van der Waals surface area (Å²) in [6.45, 7) is 4.99. The van der Waals surface area contributed by atoms with E-state index >= 15 is 0 Å². The largest absolute Gasteiger partial charge is 0.349 e. The summed E-state index contributed by atoms with van der Waals surface area (Å²) in [5.41, 5.74) is 5.81. The second-order valence-corrected chi connectivity index (χ2v) is 5.91. The van der Waals surface area contributed by atoms with Gasteiger partial charge in [0.25, 0.3) is 0 Å². The van der Waals surface area contributed by atoms with Crippen molar-refractivity contribution in [3.63, 3.8) is 0 Å². The molecule has 0 aliphatic heterocycles. The van der Waals surface area contributed by atoms with E-state index in [-0.39, 0.29) is 22.8 Å². The van der Waals surface area contributed by atoms with Gasteiger partial charge in [-0.2, -0.15) is 0 Å². The summed E-state index contributed by atoms with van der Waals surface area (Å²) in [7, 11) is 0. The van der Waals surface area contributed by atoms with Gasteiger partial charge in [-0.25, -0.2) is 0 Å². The third-order valence-electron chi connectivity index (χ3n) is 4.21. The normalized spacial score (nSPS) is 31.3. The van der Waals surface area contributed by atoms with E-state index in [1.165, 1.54) is 12.8 Å². The average Bonchev–Trinajstić information content (AvgIpc) is 2.84. The predicted octanol–water partition coefficient (Wildman–Crippen LogP) is 1.42. The Morgan fingerprint density at radius 2 is 2.07 bits per heavy atom. The van der Waals surface area contributed by atoms with Crippen LogP contribution in [0, 0.1) is 11.3 Å². The van der Waals surface area contributed by atoms with Crippen LogP contribution in [0.5, 0.6) is 0 Å². The lowest BCUT2D eigenvalue weighted by Gasteiger charge is -2.28. The standard InChI is InChI=1S/C12H22N2O/c1-11(2)5-3-4-9(11)10(15)14-12(8-13)6-7-12/h9H,3-8,13H2,1-2H3,(H,14,15). The zero-order valence-electron chi connectivity index (χ0n) is 9.81. The first-order chi connectivity index (χ1) is 6.99. The number of nitrogens with one attached hydrogen (secondary N) is 1. The fraction of sp³-hybridized carbons (Fsp3) is 0.917. The SMILES string of the molecule is CC1(C)CCCC1C(=O)NC1(CN)CC1. The molecule has 0 bridgehead atoms. The van der Waals surface area contributed by atoms with Crippen LogP contribution < -0.4 is 11.1 Å². The molecule has 2 rings (SSSR count). The van der Waals surface area contributed by atoms with Crippen molar-refractivity contribution in [1.82, 2.24) is 5.32 Å². The molecular formula is C12H22N2O. The predicted molar refractivity (Wildman–Crippen MR) is 60.3 cm³/mol. The zero-order valence-corrected chi connectivity index (χ0v) is 9.81. The third-order valence-corrected chi connectivity index (χ3v) is 4.21. The molecule has 0 aromatic carbocycles. The molecule has 0 heterocycles. The van der Waals surface area contributed by atoms with Crippen LogP contribution in [0.1, 0.15) is 46.0 Å². The molecule has 0 aromatic rings. The Labute approximate surface area is 91.8 Å². The van der Waals surface area contributed by atoms with E-state index in [0.717, 1.165) is 19.3 Å². The Morgan fingerprint density at radius 1 is 1.40 bits per heavy atom. The number of carbonyl (C=O) groups excluding carboxylic acids is 1. The van der Waals surface area contributed by atoms with Crippen LogP contribution in [0.3, 0.4) is 0 Å². The van der Waals surface area contributed by atoms with Crippen molar-refractivity contribution in [2.24, 2.45) is 17.1 Å².